The van der Waals surface area contributed by atoms with Crippen LogP contribution in [-0.2, 0) is 11.0 Å². The third-order valence-corrected chi connectivity index (χ3v) is 6.70. The highest BCUT2D eigenvalue weighted by molar-refractivity contribution is 5.74. The number of carboxylic acids is 1. The predicted octanol–water partition coefficient (Wildman–Crippen LogP) is 7.64. The standard InChI is InChI=1S/C30H30F3N3O3/c1-18-9-6-7-12-23(18)24-14-13-22(16-25(24)30(31,32)33)28-34-27(35-39-28)21-11-8-10-20(15-21)19(2)36(17-26(37)38)29(3,4)5/h6-16,19H,17H2,1-5H3,(H,37,38). The minimum atomic E-state index is -4.59. The SMILES string of the molecule is Cc1ccccc1-c1ccc(-c2nc(-c3cccc(C(C)N(CC(=O)O)C(C)(C)C)c3)no2)cc1C(F)(F)F. The summed E-state index contributed by atoms with van der Waals surface area (Å²) in [6.07, 6.45) is -4.59. The third kappa shape index (κ3) is 6.20. The van der Waals surface area contributed by atoms with E-state index in [2.05, 4.69) is 10.1 Å². The molecule has 6 nitrogen and oxygen atoms in total. The Morgan fingerprint density at radius 2 is 1.69 bits per heavy atom. The summed E-state index contributed by atoms with van der Waals surface area (Å²) in [6.45, 7) is 9.39. The van der Waals surface area contributed by atoms with E-state index in [9.17, 15) is 23.1 Å². The van der Waals surface area contributed by atoms with Crippen molar-refractivity contribution >= 4 is 5.97 Å². The van der Waals surface area contributed by atoms with Crippen molar-refractivity contribution in [2.45, 2.75) is 52.4 Å². The molecule has 204 valence electrons. The molecule has 0 aliphatic heterocycles. The number of nitrogens with zero attached hydrogens (tertiary/aromatic N) is 3. The number of carbonyl (C=O) groups is 1. The molecular weight excluding hydrogens is 507 g/mol. The maximum Gasteiger partial charge on any atom is 0.417 e. The van der Waals surface area contributed by atoms with Gasteiger partial charge in [0.25, 0.3) is 5.89 Å². The van der Waals surface area contributed by atoms with Crippen LogP contribution in [0.1, 0.15) is 50.4 Å². The number of aryl methyl sites for hydroxylation is 1. The normalized spacial score (nSPS) is 13.1. The van der Waals surface area contributed by atoms with Gasteiger partial charge < -0.3 is 9.63 Å². The Labute approximate surface area is 225 Å². The van der Waals surface area contributed by atoms with Gasteiger partial charge in [-0.2, -0.15) is 18.2 Å². The molecule has 0 bridgehead atoms. The number of hydrogen-bond donors (Lipinski definition) is 1. The molecule has 0 saturated carbocycles. The molecule has 1 aromatic heterocycles. The summed E-state index contributed by atoms with van der Waals surface area (Å²) in [5.41, 5.74) is 1.72. The Kier molecular flexibility index (Phi) is 7.66. The summed E-state index contributed by atoms with van der Waals surface area (Å²) < 4.78 is 47.6. The van der Waals surface area contributed by atoms with Crippen molar-refractivity contribution in [3.05, 3.63) is 83.4 Å². The quantitative estimate of drug-likeness (QED) is 0.261. The number of alkyl halides is 3. The first kappa shape index (κ1) is 28.0. The molecule has 1 heterocycles. The van der Waals surface area contributed by atoms with Gasteiger partial charge >= 0.3 is 12.1 Å². The molecule has 1 N–H and O–H groups in total. The molecule has 39 heavy (non-hydrogen) atoms. The zero-order chi connectivity index (χ0) is 28.5. The molecule has 0 fully saturated rings. The van der Waals surface area contributed by atoms with E-state index in [1.807, 2.05) is 44.7 Å². The fourth-order valence-electron chi connectivity index (χ4n) is 4.70. The second-order valence-electron chi connectivity index (χ2n) is 10.5. The lowest BCUT2D eigenvalue weighted by atomic mass is 9.94. The highest BCUT2D eigenvalue weighted by atomic mass is 19.4. The van der Waals surface area contributed by atoms with Crippen LogP contribution in [0.3, 0.4) is 0 Å². The average molecular weight is 538 g/mol. The summed E-state index contributed by atoms with van der Waals surface area (Å²) in [5, 5.41) is 13.4. The van der Waals surface area contributed by atoms with Gasteiger partial charge in [0, 0.05) is 22.7 Å². The van der Waals surface area contributed by atoms with Crippen molar-refractivity contribution in [2.75, 3.05) is 6.54 Å². The lowest BCUT2D eigenvalue weighted by molar-refractivity contribution is -0.140. The van der Waals surface area contributed by atoms with E-state index in [1.165, 1.54) is 6.07 Å². The molecule has 0 saturated heterocycles. The van der Waals surface area contributed by atoms with Gasteiger partial charge in [-0.3, -0.25) is 9.69 Å². The third-order valence-electron chi connectivity index (χ3n) is 6.70. The average Bonchev–Trinajstić information content (AvgIpc) is 3.36. The topological polar surface area (TPSA) is 79.5 Å². The monoisotopic (exact) mass is 537 g/mol. The Morgan fingerprint density at radius 3 is 2.33 bits per heavy atom. The summed E-state index contributed by atoms with van der Waals surface area (Å²) in [6, 6.07) is 18.0. The summed E-state index contributed by atoms with van der Waals surface area (Å²) in [5.74, 6) is -0.744. The molecule has 0 aliphatic carbocycles. The number of aliphatic carboxylic acids is 1. The largest absolute Gasteiger partial charge is 0.480 e. The van der Waals surface area contributed by atoms with Crippen LogP contribution in [0.4, 0.5) is 13.2 Å². The van der Waals surface area contributed by atoms with Crippen LogP contribution in [0.2, 0.25) is 0 Å². The van der Waals surface area contributed by atoms with E-state index >= 15 is 0 Å². The van der Waals surface area contributed by atoms with E-state index in [0.29, 0.717) is 11.1 Å². The van der Waals surface area contributed by atoms with Gasteiger partial charge in [0.1, 0.15) is 0 Å². The zero-order valence-electron chi connectivity index (χ0n) is 22.4. The Balaban J connectivity index is 1.69. The summed E-state index contributed by atoms with van der Waals surface area (Å²) in [7, 11) is 0. The first-order valence-electron chi connectivity index (χ1n) is 12.5. The lowest BCUT2D eigenvalue weighted by Gasteiger charge is -2.39. The first-order chi connectivity index (χ1) is 18.3. The Morgan fingerprint density at radius 1 is 0.974 bits per heavy atom. The van der Waals surface area contributed by atoms with E-state index in [-0.39, 0.29) is 35.4 Å². The Bertz CT molecular complexity index is 1490. The molecule has 1 unspecified atom stereocenters. The number of rotatable bonds is 7. The molecule has 0 spiro atoms. The highest BCUT2D eigenvalue weighted by Gasteiger charge is 2.35. The van der Waals surface area contributed by atoms with Crippen LogP contribution in [-0.4, -0.2) is 38.2 Å². The fraction of sp³-hybridized carbons (Fsp3) is 0.300. The van der Waals surface area contributed by atoms with E-state index in [1.54, 1.807) is 49.4 Å². The van der Waals surface area contributed by atoms with Gasteiger partial charge in [0.05, 0.1) is 12.1 Å². The van der Waals surface area contributed by atoms with Crippen molar-refractivity contribution in [1.29, 1.82) is 0 Å². The Hall–Kier alpha value is -3.98. The minimum Gasteiger partial charge on any atom is -0.480 e. The van der Waals surface area contributed by atoms with Crippen LogP contribution >= 0.6 is 0 Å². The summed E-state index contributed by atoms with van der Waals surface area (Å²) in [4.78, 5) is 17.7. The van der Waals surface area contributed by atoms with E-state index in [0.717, 1.165) is 17.2 Å². The second-order valence-corrected chi connectivity index (χ2v) is 10.5. The number of carboxylic acid groups (broad SMARTS) is 1. The smallest absolute Gasteiger partial charge is 0.417 e. The van der Waals surface area contributed by atoms with Gasteiger partial charge in [-0.15, -0.1) is 0 Å². The van der Waals surface area contributed by atoms with Gasteiger partial charge in [0.15, 0.2) is 0 Å². The van der Waals surface area contributed by atoms with Crippen molar-refractivity contribution in [2.24, 2.45) is 0 Å². The van der Waals surface area contributed by atoms with Gasteiger partial charge in [0.2, 0.25) is 5.82 Å². The van der Waals surface area contributed by atoms with E-state index in [4.69, 9.17) is 4.52 Å². The molecule has 9 heteroatoms. The van der Waals surface area contributed by atoms with Gasteiger partial charge in [-0.25, -0.2) is 0 Å². The van der Waals surface area contributed by atoms with Crippen LogP contribution in [0, 0.1) is 6.92 Å². The van der Waals surface area contributed by atoms with Gasteiger partial charge in [-0.05, 0) is 75.1 Å². The maximum atomic E-state index is 14.1. The number of benzene rings is 3. The number of hydrogen-bond acceptors (Lipinski definition) is 5. The lowest BCUT2D eigenvalue weighted by Crippen LogP contribution is -2.45. The van der Waals surface area contributed by atoms with Crippen LogP contribution in [0.15, 0.2) is 71.3 Å². The summed E-state index contributed by atoms with van der Waals surface area (Å²) >= 11 is 0. The van der Waals surface area contributed by atoms with Crippen molar-refractivity contribution in [3.8, 4) is 34.0 Å². The molecule has 3 aromatic carbocycles. The molecular formula is C30H30F3N3O3. The molecule has 1 atom stereocenters. The molecule has 4 aromatic rings. The molecule has 0 radical (unpaired) electrons. The molecule has 0 aliphatic rings. The minimum absolute atomic E-state index is 0.0347. The maximum absolute atomic E-state index is 14.1. The zero-order valence-corrected chi connectivity index (χ0v) is 22.4. The fourth-order valence-corrected chi connectivity index (χ4v) is 4.70. The van der Waals surface area contributed by atoms with Crippen molar-refractivity contribution in [1.82, 2.24) is 15.0 Å². The van der Waals surface area contributed by atoms with Crippen molar-refractivity contribution in [3.63, 3.8) is 0 Å². The highest BCUT2D eigenvalue weighted by Crippen LogP contribution is 2.40. The molecule has 0 amide bonds. The number of aromatic nitrogens is 2. The second kappa shape index (κ2) is 10.6. The predicted molar refractivity (Wildman–Crippen MR) is 143 cm³/mol. The van der Waals surface area contributed by atoms with E-state index < -0.39 is 23.2 Å². The van der Waals surface area contributed by atoms with Crippen LogP contribution < -0.4 is 0 Å². The first-order valence-corrected chi connectivity index (χ1v) is 12.5. The van der Waals surface area contributed by atoms with Gasteiger partial charge in [-0.1, -0.05) is 53.7 Å². The van der Waals surface area contributed by atoms with Crippen LogP contribution in [0.25, 0.3) is 34.0 Å². The van der Waals surface area contributed by atoms with Crippen molar-refractivity contribution < 1.29 is 27.6 Å². The molecule has 4 rings (SSSR count). The van der Waals surface area contributed by atoms with Crippen LogP contribution in [0.5, 0.6) is 0 Å². The number of halogens is 3.